The fourth-order valence-corrected chi connectivity index (χ4v) is 3.28. The minimum atomic E-state index is 0.421. The highest BCUT2D eigenvalue weighted by atomic mass is 32.1. The van der Waals surface area contributed by atoms with Crippen molar-refractivity contribution in [3.8, 4) is 17.2 Å². The summed E-state index contributed by atoms with van der Waals surface area (Å²) in [5.41, 5.74) is 3.70. The maximum Gasteiger partial charge on any atom is 0.203 e. The molecule has 0 unspecified atom stereocenters. The van der Waals surface area contributed by atoms with Crippen LogP contribution in [0.1, 0.15) is 38.2 Å². The molecule has 0 saturated heterocycles. The second-order valence-corrected chi connectivity index (χ2v) is 6.58. The van der Waals surface area contributed by atoms with Gasteiger partial charge in [-0.3, -0.25) is 5.43 Å². The normalized spacial score (nSPS) is 20.2. The number of benzene rings is 1. The van der Waals surface area contributed by atoms with Gasteiger partial charge in [-0.1, -0.05) is 19.8 Å². The Balaban J connectivity index is 1.98. The number of ether oxygens (including phenoxy) is 3. The van der Waals surface area contributed by atoms with E-state index < -0.39 is 0 Å². The Bertz CT molecular complexity index is 597. The van der Waals surface area contributed by atoms with E-state index in [1.807, 2.05) is 12.1 Å². The summed E-state index contributed by atoms with van der Waals surface area (Å²) >= 11 is 5.33. The standard InChI is InChI=1S/C18H27N3O3S/c1-12-7-5-6-8-14(12)20-18(25)21-19-11-13-9-15(22-2)17(24-4)16(10-13)23-3/h9-12,14H,5-8H2,1-4H3,(H2,20,21,25)/b19-11-/t12-,14+/m1/s1. The molecule has 1 aromatic rings. The fraction of sp³-hybridized carbons (Fsp3) is 0.556. The summed E-state index contributed by atoms with van der Waals surface area (Å²) in [7, 11) is 4.74. The Labute approximate surface area is 154 Å². The third kappa shape index (κ3) is 5.22. The van der Waals surface area contributed by atoms with E-state index >= 15 is 0 Å². The number of hydrazone groups is 1. The molecule has 0 bridgehead atoms. The molecule has 1 aliphatic carbocycles. The third-order valence-electron chi connectivity index (χ3n) is 4.49. The minimum Gasteiger partial charge on any atom is -0.493 e. The Morgan fingerprint density at radius 3 is 2.32 bits per heavy atom. The van der Waals surface area contributed by atoms with Crippen molar-refractivity contribution in [2.24, 2.45) is 11.0 Å². The van der Waals surface area contributed by atoms with Crippen LogP contribution in [0, 0.1) is 5.92 Å². The smallest absolute Gasteiger partial charge is 0.203 e. The molecule has 2 rings (SSSR count). The molecule has 2 atom stereocenters. The van der Waals surface area contributed by atoms with Crippen LogP contribution >= 0.6 is 12.2 Å². The van der Waals surface area contributed by atoms with Gasteiger partial charge in [0.2, 0.25) is 5.75 Å². The van der Waals surface area contributed by atoms with Crippen molar-refractivity contribution < 1.29 is 14.2 Å². The molecular formula is C18H27N3O3S. The van der Waals surface area contributed by atoms with E-state index in [0.29, 0.717) is 34.3 Å². The van der Waals surface area contributed by atoms with Gasteiger partial charge in [0.15, 0.2) is 16.6 Å². The predicted octanol–water partition coefficient (Wildman–Crippen LogP) is 3.09. The molecule has 0 radical (unpaired) electrons. The van der Waals surface area contributed by atoms with Gasteiger partial charge in [-0.25, -0.2) is 0 Å². The molecule has 0 heterocycles. The van der Waals surface area contributed by atoms with Gasteiger partial charge in [-0.15, -0.1) is 0 Å². The van der Waals surface area contributed by atoms with Gasteiger partial charge in [0.25, 0.3) is 0 Å². The van der Waals surface area contributed by atoms with Crippen LogP contribution in [0.25, 0.3) is 0 Å². The quantitative estimate of drug-likeness (QED) is 0.459. The second kappa shape index (κ2) is 9.46. The van der Waals surface area contributed by atoms with Crippen LogP contribution in [-0.2, 0) is 0 Å². The first-order valence-electron chi connectivity index (χ1n) is 8.48. The number of thiocarbonyl (C=S) groups is 1. The number of hydrogen-bond acceptors (Lipinski definition) is 5. The van der Waals surface area contributed by atoms with Crippen molar-refractivity contribution >= 4 is 23.5 Å². The molecule has 0 aliphatic heterocycles. The molecular weight excluding hydrogens is 338 g/mol. The van der Waals surface area contributed by atoms with Crippen molar-refractivity contribution in [2.45, 2.75) is 38.6 Å². The van der Waals surface area contributed by atoms with E-state index in [1.165, 1.54) is 19.3 Å². The van der Waals surface area contributed by atoms with Gasteiger partial charge in [0.1, 0.15) is 0 Å². The van der Waals surface area contributed by atoms with Crippen LogP contribution in [0.3, 0.4) is 0 Å². The summed E-state index contributed by atoms with van der Waals surface area (Å²) in [6.45, 7) is 2.26. The molecule has 6 nitrogen and oxygen atoms in total. The van der Waals surface area contributed by atoms with Gasteiger partial charge in [0.05, 0.1) is 27.5 Å². The van der Waals surface area contributed by atoms with E-state index in [2.05, 4.69) is 22.8 Å². The monoisotopic (exact) mass is 365 g/mol. The second-order valence-electron chi connectivity index (χ2n) is 6.17. The number of nitrogens with zero attached hydrogens (tertiary/aromatic N) is 1. The molecule has 2 N–H and O–H groups in total. The van der Waals surface area contributed by atoms with Crippen LogP contribution in [-0.4, -0.2) is 38.7 Å². The van der Waals surface area contributed by atoms with Gasteiger partial charge in [-0.05, 0) is 43.1 Å². The number of rotatable bonds is 6. The lowest BCUT2D eigenvalue weighted by Crippen LogP contribution is -2.44. The molecule has 0 aromatic heterocycles. The van der Waals surface area contributed by atoms with E-state index in [-0.39, 0.29) is 0 Å². The number of methoxy groups -OCH3 is 3. The Morgan fingerprint density at radius 1 is 1.12 bits per heavy atom. The lowest BCUT2D eigenvalue weighted by atomic mass is 9.86. The Hall–Kier alpha value is -2.02. The summed E-state index contributed by atoms with van der Waals surface area (Å²) in [4.78, 5) is 0. The van der Waals surface area contributed by atoms with Crippen molar-refractivity contribution in [1.82, 2.24) is 10.7 Å². The zero-order valence-electron chi connectivity index (χ0n) is 15.3. The van der Waals surface area contributed by atoms with Crippen molar-refractivity contribution in [2.75, 3.05) is 21.3 Å². The maximum absolute atomic E-state index is 5.33. The number of nitrogens with one attached hydrogen (secondary N) is 2. The molecule has 7 heteroatoms. The van der Waals surface area contributed by atoms with Gasteiger partial charge < -0.3 is 19.5 Å². The summed E-state index contributed by atoms with van der Waals surface area (Å²) in [5, 5.41) is 8.11. The Kier molecular flexibility index (Phi) is 7.31. The first kappa shape index (κ1) is 19.3. The van der Waals surface area contributed by atoms with Crippen LogP contribution in [0.15, 0.2) is 17.2 Å². The molecule has 1 fully saturated rings. The fourth-order valence-electron chi connectivity index (χ4n) is 3.07. The van der Waals surface area contributed by atoms with E-state index in [0.717, 1.165) is 12.0 Å². The molecule has 1 aromatic carbocycles. The van der Waals surface area contributed by atoms with Gasteiger partial charge >= 0.3 is 0 Å². The molecule has 1 aliphatic rings. The zero-order chi connectivity index (χ0) is 18.2. The Morgan fingerprint density at radius 2 is 1.76 bits per heavy atom. The lowest BCUT2D eigenvalue weighted by molar-refractivity contribution is 0.308. The average molecular weight is 365 g/mol. The largest absolute Gasteiger partial charge is 0.493 e. The highest BCUT2D eigenvalue weighted by molar-refractivity contribution is 7.80. The van der Waals surface area contributed by atoms with Crippen LogP contribution < -0.4 is 25.0 Å². The summed E-state index contributed by atoms with van der Waals surface area (Å²) in [5.74, 6) is 2.35. The van der Waals surface area contributed by atoms with Gasteiger partial charge in [-0.2, -0.15) is 5.10 Å². The summed E-state index contributed by atoms with van der Waals surface area (Å²) in [6, 6.07) is 4.07. The zero-order valence-corrected chi connectivity index (χ0v) is 16.1. The van der Waals surface area contributed by atoms with Crippen LogP contribution in [0.2, 0.25) is 0 Å². The SMILES string of the molecule is COc1cc(/C=N\NC(=S)N[C@H]2CCCC[C@H]2C)cc(OC)c1OC. The highest BCUT2D eigenvalue weighted by Gasteiger charge is 2.21. The lowest BCUT2D eigenvalue weighted by Gasteiger charge is -2.30. The first-order valence-corrected chi connectivity index (χ1v) is 8.89. The summed E-state index contributed by atoms with van der Waals surface area (Å²) in [6.07, 6.45) is 6.62. The molecule has 0 amide bonds. The van der Waals surface area contributed by atoms with E-state index in [4.69, 9.17) is 26.4 Å². The van der Waals surface area contributed by atoms with Gasteiger partial charge in [0, 0.05) is 11.6 Å². The van der Waals surface area contributed by atoms with Crippen molar-refractivity contribution in [1.29, 1.82) is 0 Å². The molecule has 138 valence electrons. The van der Waals surface area contributed by atoms with Crippen molar-refractivity contribution in [3.05, 3.63) is 17.7 Å². The highest BCUT2D eigenvalue weighted by Crippen LogP contribution is 2.37. The third-order valence-corrected chi connectivity index (χ3v) is 4.70. The minimum absolute atomic E-state index is 0.421. The first-order chi connectivity index (χ1) is 12.1. The maximum atomic E-state index is 5.33. The molecule has 0 spiro atoms. The van der Waals surface area contributed by atoms with Crippen molar-refractivity contribution in [3.63, 3.8) is 0 Å². The van der Waals surface area contributed by atoms with E-state index in [9.17, 15) is 0 Å². The summed E-state index contributed by atoms with van der Waals surface area (Å²) < 4.78 is 16.0. The van der Waals surface area contributed by atoms with E-state index in [1.54, 1.807) is 27.5 Å². The van der Waals surface area contributed by atoms with Crippen LogP contribution in [0.4, 0.5) is 0 Å². The topological polar surface area (TPSA) is 64.1 Å². The van der Waals surface area contributed by atoms with Crippen LogP contribution in [0.5, 0.6) is 17.2 Å². The molecule has 1 saturated carbocycles. The molecule has 25 heavy (non-hydrogen) atoms. The predicted molar refractivity (Wildman–Crippen MR) is 104 cm³/mol. The average Bonchev–Trinajstić information content (AvgIpc) is 2.62. The number of hydrogen-bond donors (Lipinski definition) is 2.